The predicted octanol–water partition coefficient (Wildman–Crippen LogP) is 0.393. The van der Waals surface area contributed by atoms with Gasteiger partial charge in [-0.15, -0.1) is 12.4 Å². The Labute approximate surface area is 129 Å². The number of aryl methyl sites for hydroxylation is 1. The highest BCUT2D eigenvalue weighted by Gasteiger charge is 2.21. The van der Waals surface area contributed by atoms with Gasteiger partial charge in [-0.05, 0) is 19.2 Å². The number of nitrogens with one attached hydrogen (secondary N) is 1. The highest BCUT2D eigenvalue weighted by atomic mass is 35.5. The van der Waals surface area contributed by atoms with Crippen LogP contribution < -0.4 is 11.1 Å². The Morgan fingerprint density at radius 2 is 2.05 bits per heavy atom. The van der Waals surface area contributed by atoms with Crippen molar-refractivity contribution in [2.75, 3.05) is 27.2 Å². The van der Waals surface area contributed by atoms with Crippen molar-refractivity contribution in [1.82, 2.24) is 14.2 Å². The fraction of sp³-hybridized carbons (Fsp3) is 0.417. The van der Waals surface area contributed by atoms with Crippen LogP contribution in [0, 0.1) is 0 Å². The van der Waals surface area contributed by atoms with Gasteiger partial charge in [0.25, 0.3) is 0 Å². The minimum absolute atomic E-state index is 0. The van der Waals surface area contributed by atoms with E-state index in [-0.39, 0.29) is 22.9 Å². The summed E-state index contributed by atoms with van der Waals surface area (Å²) in [5.41, 5.74) is 0.826. The number of likely N-dealkylation sites (N-methyl/N-ethyl adjacent to an activating group) is 2. The molecule has 7 nitrogen and oxygen atoms in total. The van der Waals surface area contributed by atoms with Gasteiger partial charge in [0, 0.05) is 33.3 Å². The van der Waals surface area contributed by atoms with Crippen molar-refractivity contribution in [2.45, 2.75) is 4.90 Å². The lowest BCUT2D eigenvalue weighted by Crippen LogP contribution is -2.32. The predicted molar refractivity (Wildman–Crippen MR) is 82.4 cm³/mol. The second kappa shape index (κ2) is 6.61. The Morgan fingerprint density at radius 1 is 1.38 bits per heavy atom. The number of hydrogen-bond donors (Lipinski definition) is 1. The zero-order chi connectivity index (χ0) is 14.9. The molecule has 1 N–H and O–H groups in total. The first kappa shape index (κ1) is 17.7. The van der Waals surface area contributed by atoms with Crippen LogP contribution in [-0.4, -0.2) is 44.5 Å². The van der Waals surface area contributed by atoms with Gasteiger partial charge in [0.15, 0.2) is 5.58 Å². The van der Waals surface area contributed by atoms with Crippen LogP contribution in [0.15, 0.2) is 32.3 Å². The van der Waals surface area contributed by atoms with Crippen LogP contribution in [0.3, 0.4) is 0 Å². The second-order valence-corrected chi connectivity index (χ2v) is 6.53. The van der Waals surface area contributed by atoms with E-state index in [9.17, 15) is 13.2 Å². The number of oxazole rings is 1. The van der Waals surface area contributed by atoms with Crippen molar-refractivity contribution >= 4 is 33.5 Å². The summed E-state index contributed by atoms with van der Waals surface area (Å²) in [6.07, 6.45) is 0. The lowest BCUT2D eigenvalue weighted by molar-refractivity contribution is 0.465. The third kappa shape index (κ3) is 3.29. The molecule has 0 radical (unpaired) electrons. The molecule has 118 valence electrons. The molecule has 21 heavy (non-hydrogen) atoms. The average molecular weight is 336 g/mol. The van der Waals surface area contributed by atoms with Crippen molar-refractivity contribution in [3.8, 4) is 0 Å². The summed E-state index contributed by atoms with van der Waals surface area (Å²) >= 11 is 0. The lowest BCUT2D eigenvalue weighted by atomic mass is 10.3. The molecule has 2 rings (SSSR count). The van der Waals surface area contributed by atoms with Crippen LogP contribution in [0.2, 0.25) is 0 Å². The Kier molecular flexibility index (Phi) is 5.57. The molecule has 0 aliphatic rings. The highest BCUT2D eigenvalue weighted by Crippen LogP contribution is 2.20. The summed E-state index contributed by atoms with van der Waals surface area (Å²) in [5.74, 6) is -0.516. The molecule has 0 aliphatic heterocycles. The Morgan fingerprint density at radius 3 is 2.67 bits per heavy atom. The fourth-order valence-electron chi connectivity index (χ4n) is 1.84. The minimum Gasteiger partial charge on any atom is -0.408 e. The molecule has 0 aliphatic carbocycles. The average Bonchev–Trinajstić information content (AvgIpc) is 2.70. The highest BCUT2D eigenvalue weighted by molar-refractivity contribution is 7.89. The monoisotopic (exact) mass is 335 g/mol. The molecule has 0 atom stereocenters. The number of hydrogen-bond acceptors (Lipinski definition) is 5. The van der Waals surface area contributed by atoms with Crippen molar-refractivity contribution in [2.24, 2.45) is 7.05 Å². The number of aromatic nitrogens is 1. The first-order chi connectivity index (χ1) is 9.37. The summed E-state index contributed by atoms with van der Waals surface area (Å²) in [5, 5.41) is 2.89. The molecule has 0 bridgehead atoms. The molecule has 9 heteroatoms. The van der Waals surface area contributed by atoms with Crippen molar-refractivity contribution in [3.05, 3.63) is 28.7 Å². The van der Waals surface area contributed by atoms with Crippen LogP contribution in [-0.2, 0) is 17.1 Å². The molecule has 1 aromatic carbocycles. The molecule has 0 saturated carbocycles. The number of nitrogens with zero attached hydrogens (tertiary/aromatic N) is 2. The van der Waals surface area contributed by atoms with E-state index < -0.39 is 15.8 Å². The van der Waals surface area contributed by atoms with Crippen molar-refractivity contribution < 1.29 is 12.8 Å². The minimum atomic E-state index is -3.58. The molecule has 1 aromatic heterocycles. The zero-order valence-electron chi connectivity index (χ0n) is 12.0. The lowest BCUT2D eigenvalue weighted by Gasteiger charge is -2.16. The van der Waals surface area contributed by atoms with Gasteiger partial charge in [-0.25, -0.2) is 13.2 Å². The zero-order valence-corrected chi connectivity index (χ0v) is 13.6. The van der Waals surface area contributed by atoms with E-state index in [1.54, 1.807) is 20.2 Å². The normalized spacial score (nSPS) is 11.8. The smallest absolute Gasteiger partial charge is 0.408 e. The van der Waals surface area contributed by atoms with Crippen LogP contribution in [0.5, 0.6) is 0 Å². The van der Waals surface area contributed by atoms with Gasteiger partial charge in [0.05, 0.1) is 10.4 Å². The van der Waals surface area contributed by atoms with Gasteiger partial charge >= 0.3 is 5.76 Å². The second-order valence-electron chi connectivity index (χ2n) is 4.49. The maximum atomic E-state index is 12.3. The Balaban J connectivity index is 0.00000220. The summed E-state index contributed by atoms with van der Waals surface area (Å²) < 4.78 is 32.3. The van der Waals surface area contributed by atoms with Gasteiger partial charge in [-0.3, -0.25) is 4.57 Å². The molecular weight excluding hydrogens is 318 g/mol. The molecule has 0 fully saturated rings. The van der Waals surface area contributed by atoms with Gasteiger partial charge in [0.1, 0.15) is 0 Å². The molecule has 0 saturated heterocycles. The number of sulfonamides is 1. The van der Waals surface area contributed by atoms with Crippen LogP contribution in [0.4, 0.5) is 0 Å². The Bertz CT molecular complexity index is 781. The van der Waals surface area contributed by atoms with Crippen molar-refractivity contribution in [1.29, 1.82) is 0 Å². The first-order valence-electron chi connectivity index (χ1n) is 6.08. The van der Waals surface area contributed by atoms with Gasteiger partial charge < -0.3 is 9.73 Å². The molecule has 0 spiro atoms. The number of halogens is 1. The summed E-state index contributed by atoms with van der Waals surface area (Å²) in [6.45, 7) is 0.911. The summed E-state index contributed by atoms with van der Waals surface area (Å²) in [4.78, 5) is 11.5. The molecular formula is C12H18ClN3O4S. The van der Waals surface area contributed by atoms with E-state index in [4.69, 9.17) is 4.42 Å². The third-order valence-corrected chi connectivity index (χ3v) is 5.00. The maximum Gasteiger partial charge on any atom is 0.419 e. The van der Waals surface area contributed by atoms with Crippen LogP contribution >= 0.6 is 12.4 Å². The number of benzene rings is 1. The number of fused-ring (bicyclic) bond motifs is 1. The quantitative estimate of drug-likeness (QED) is 0.854. The fourth-order valence-corrected chi connectivity index (χ4v) is 3.03. The Hall–Kier alpha value is -1.35. The summed E-state index contributed by atoms with van der Waals surface area (Å²) in [6, 6.07) is 4.42. The first-order valence-corrected chi connectivity index (χ1v) is 7.52. The van der Waals surface area contributed by atoms with Crippen molar-refractivity contribution in [3.63, 3.8) is 0 Å². The molecule has 0 unspecified atom stereocenters. The van der Waals surface area contributed by atoms with Gasteiger partial charge in [0.2, 0.25) is 10.0 Å². The largest absolute Gasteiger partial charge is 0.419 e. The number of rotatable bonds is 5. The van der Waals surface area contributed by atoms with E-state index in [2.05, 4.69) is 5.32 Å². The molecule has 1 heterocycles. The van der Waals surface area contributed by atoms with Gasteiger partial charge in [-0.2, -0.15) is 4.31 Å². The SMILES string of the molecule is CNCCN(C)S(=O)(=O)c1ccc2c(c1)oc(=O)n2C.Cl. The molecule has 2 aromatic rings. The van der Waals surface area contributed by atoms with Crippen LogP contribution in [0.25, 0.3) is 11.1 Å². The van der Waals surface area contributed by atoms with Crippen LogP contribution in [0.1, 0.15) is 0 Å². The van der Waals surface area contributed by atoms with E-state index in [0.717, 1.165) is 0 Å². The third-order valence-electron chi connectivity index (χ3n) is 3.15. The van der Waals surface area contributed by atoms with E-state index in [0.29, 0.717) is 18.6 Å². The molecule has 0 amide bonds. The summed E-state index contributed by atoms with van der Waals surface area (Å²) in [7, 11) is 1.25. The van der Waals surface area contributed by atoms with Gasteiger partial charge in [-0.1, -0.05) is 0 Å². The van der Waals surface area contributed by atoms with E-state index >= 15 is 0 Å². The standard InChI is InChI=1S/C12H17N3O4S.ClH/c1-13-6-7-14(2)20(17,18)9-4-5-10-11(8-9)19-12(16)15(10)3;/h4-5,8,13H,6-7H2,1-3H3;1H. The maximum absolute atomic E-state index is 12.3. The van der Waals surface area contributed by atoms with E-state index in [1.165, 1.54) is 28.1 Å². The topological polar surface area (TPSA) is 84.6 Å². The van der Waals surface area contributed by atoms with E-state index in [1.807, 2.05) is 0 Å².